The van der Waals surface area contributed by atoms with Crippen LogP contribution in [0.5, 0.6) is 0 Å². The van der Waals surface area contributed by atoms with Crippen LogP contribution in [-0.2, 0) is 10.0 Å². The molecule has 17 heavy (non-hydrogen) atoms. The maximum atomic E-state index is 12.3. The van der Waals surface area contributed by atoms with Gasteiger partial charge in [-0.05, 0) is 49.4 Å². The highest BCUT2D eigenvalue weighted by atomic mass is 32.2. The highest BCUT2D eigenvalue weighted by molar-refractivity contribution is 7.90. The van der Waals surface area contributed by atoms with Crippen LogP contribution < -0.4 is 4.72 Å². The third-order valence-electron chi connectivity index (χ3n) is 4.65. The maximum Gasteiger partial charge on any atom is 0.511 e. The van der Waals surface area contributed by atoms with Gasteiger partial charge in [0.05, 0.1) is 0 Å². The minimum atomic E-state index is -5.19. The first-order valence-electron chi connectivity index (χ1n) is 5.86. The zero-order chi connectivity index (χ0) is 12.4. The summed E-state index contributed by atoms with van der Waals surface area (Å²) in [7, 11) is -5.18. The van der Waals surface area contributed by atoms with E-state index >= 15 is 0 Å². The van der Waals surface area contributed by atoms with Gasteiger partial charge < -0.3 is 0 Å². The van der Waals surface area contributed by atoms with Crippen LogP contribution in [0.2, 0.25) is 0 Å². The molecule has 0 aromatic heterocycles. The van der Waals surface area contributed by atoms with Crippen molar-refractivity contribution in [3.8, 4) is 0 Å². The molecule has 5 atom stereocenters. The fourth-order valence-electron chi connectivity index (χ4n) is 4.17. The van der Waals surface area contributed by atoms with Crippen LogP contribution in [-0.4, -0.2) is 20.0 Å². The predicted octanol–water partition coefficient (Wildman–Crippen LogP) is 1.86. The normalized spacial score (nSPS) is 44.5. The quantitative estimate of drug-likeness (QED) is 0.831. The smallest absolute Gasteiger partial charge is 0.204 e. The molecular formula is C10H14F3NO2S. The van der Waals surface area contributed by atoms with Crippen LogP contribution >= 0.6 is 0 Å². The first-order valence-corrected chi connectivity index (χ1v) is 7.35. The van der Waals surface area contributed by atoms with E-state index in [2.05, 4.69) is 0 Å². The van der Waals surface area contributed by atoms with E-state index in [1.165, 1.54) is 0 Å². The van der Waals surface area contributed by atoms with Crippen LogP contribution in [0, 0.1) is 23.7 Å². The lowest BCUT2D eigenvalue weighted by atomic mass is 9.80. The molecule has 1 N–H and O–H groups in total. The summed E-state index contributed by atoms with van der Waals surface area (Å²) < 4.78 is 61.1. The summed E-state index contributed by atoms with van der Waals surface area (Å²) in [5.74, 6) is 1.32. The van der Waals surface area contributed by atoms with Gasteiger partial charge in [-0.3, -0.25) is 0 Å². The second-order valence-corrected chi connectivity index (χ2v) is 7.29. The topological polar surface area (TPSA) is 46.2 Å². The molecule has 0 amide bonds. The Morgan fingerprint density at radius 2 is 1.65 bits per heavy atom. The molecule has 5 unspecified atom stereocenters. The van der Waals surface area contributed by atoms with Crippen molar-refractivity contribution in [2.75, 3.05) is 0 Å². The summed E-state index contributed by atoms with van der Waals surface area (Å²) in [5, 5.41) is 0. The van der Waals surface area contributed by atoms with Gasteiger partial charge >= 0.3 is 15.5 Å². The molecule has 3 nitrogen and oxygen atoms in total. The maximum absolute atomic E-state index is 12.3. The summed E-state index contributed by atoms with van der Waals surface area (Å²) in [6.45, 7) is 0. The lowest BCUT2D eigenvalue weighted by Crippen LogP contribution is -2.48. The molecule has 0 aromatic carbocycles. The van der Waals surface area contributed by atoms with Gasteiger partial charge in [-0.1, -0.05) is 0 Å². The highest BCUT2D eigenvalue weighted by Gasteiger charge is 2.57. The first kappa shape index (κ1) is 11.8. The molecule has 0 aromatic rings. The van der Waals surface area contributed by atoms with Crippen molar-refractivity contribution in [2.45, 2.75) is 37.2 Å². The molecule has 98 valence electrons. The Balaban J connectivity index is 1.80. The standard InChI is InChI=1S/C10H14F3NO2S/c11-10(12,13)17(15,16)14-9-7-2-5-1-6(4-7)8(9)3-5/h5-9,14H,1-4H2. The van der Waals surface area contributed by atoms with E-state index in [9.17, 15) is 21.6 Å². The van der Waals surface area contributed by atoms with Crippen LogP contribution in [0.15, 0.2) is 0 Å². The Kier molecular flexibility index (Phi) is 2.34. The minimum absolute atomic E-state index is 0.120. The molecule has 4 saturated carbocycles. The number of hydrogen-bond donors (Lipinski definition) is 1. The molecular weight excluding hydrogens is 255 g/mol. The SMILES string of the molecule is O=S(=O)(NC1C2CC3CC(C2)C1C3)C(F)(F)F. The van der Waals surface area contributed by atoms with Gasteiger partial charge in [0, 0.05) is 6.04 Å². The second-order valence-electron chi connectivity index (χ2n) is 5.59. The first-order chi connectivity index (χ1) is 7.78. The van der Waals surface area contributed by atoms with E-state index in [-0.39, 0.29) is 11.8 Å². The van der Waals surface area contributed by atoms with Crippen molar-refractivity contribution < 1.29 is 21.6 Å². The van der Waals surface area contributed by atoms with E-state index in [4.69, 9.17) is 0 Å². The van der Waals surface area contributed by atoms with Crippen LogP contribution in [0.3, 0.4) is 0 Å². The number of alkyl halides is 3. The zero-order valence-corrected chi connectivity index (χ0v) is 9.89. The van der Waals surface area contributed by atoms with Gasteiger partial charge in [0.2, 0.25) is 0 Å². The van der Waals surface area contributed by atoms with E-state index < -0.39 is 21.6 Å². The molecule has 0 saturated heterocycles. The Hall–Kier alpha value is -0.300. The number of sulfonamides is 1. The Morgan fingerprint density at radius 3 is 2.24 bits per heavy atom. The largest absolute Gasteiger partial charge is 0.511 e. The van der Waals surface area contributed by atoms with Crippen molar-refractivity contribution in [1.82, 2.24) is 4.72 Å². The van der Waals surface area contributed by atoms with Gasteiger partial charge in [-0.25, -0.2) is 13.1 Å². The molecule has 7 heteroatoms. The molecule has 4 bridgehead atoms. The van der Waals surface area contributed by atoms with Crippen LogP contribution in [0.4, 0.5) is 13.2 Å². The number of nitrogens with one attached hydrogen (secondary N) is 1. The zero-order valence-electron chi connectivity index (χ0n) is 9.07. The number of hydrogen-bond acceptors (Lipinski definition) is 2. The Labute approximate surface area is 97.8 Å². The average molecular weight is 269 g/mol. The Bertz CT molecular complexity index is 429. The lowest BCUT2D eigenvalue weighted by Gasteiger charge is -2.32. The molecule has 4 aliphatic rings. The van der Waals surface area contributed by atoms with Crippen molar-refractivity contribution >= 4 is 10.0 Å². The molecule has 0 heterocycles. The van der Waals surface area contributed by atoms with Gasteiger partial charge in [-0.2, -0.15) is 13.2 Å². The third kappa shape index (κ3) is 1.69. The van der Waals surface area contributed by atoms with Gasteiger partial charge in [-0.15, -0.1) is 0 Å². The van der Waals surface area contributed by atoms with Gasteiger partial charge in [0.15, 0.2) is 0 Å². The van der Waals surface area contributed by atoms with Crippen LogP contribution in [0.25, 0.3) is 0 Å². The molecule has 4 rings (SSSR count). The fourth-order valence-corrected chi connectivity index (χ4v) is 5.02. The summed E-state index contributed by atoms with van der Waals surface area (Å²) >= 11 is 0. The van der Waals surface area contributed by atoms with E-state index in [0.29, 0.717) is 11.8 Å². The number of halogens is 3. The van der Waals surface area contributed by atoms with E-state index in [0.717, 1.165) is 25.7 Å². The van der Waals surface area contributed by atoms with Crippen molar-refractivity contribution in [1.29, 1.82) is 0 Å². The van der Waals surface area contributed by atoms with Crippen molar-refractivity contribution in [3.63, 3.8) is 0 Å². The minimum Gasteiger partial charge on any atom is -0.204 e. The van der Waals surface area contributed by atoms with Crippen molar-refractivity contribution in [3.05, 3.63) is 0 Å². The molecule has 0 radical (unpaired) electrons. The van der Waals surface area contributed by atoms with E-state index in [1.54, 1.807) is 0 Å². The summed E-state index contributed by atoms with van der Waals surface area (Å²) in [4.78, 5) is 0. The third-order valence-corrected chi connectivity index (χ3v) is 5.85. The predicted molar refractivity (Wildman–Crippen MR) is 54.3 cm³/mol. The second kappa shape index (κ2) is 3.38. The van der Waals surface area contributed by atoms with E-state index in [1.807, 2.05) is 4.72 Å². The fraction of sp³-hybridized carbons (Fsp3) is 1.00. The number of rotatable bonds is 2. The summed E-state index contributed by atoms with van der Waals surface area (Å²) in [6.07, 6.45) is 3.75. The Morgan fingerprint density at radius 1 is 1.00 bits per heavy atom. The molecule has 4 fully saturated rings. The molecule has 0 spiro atoms. The van der Waals surface area contributed by atoms with Crippen molar-refractivity contribution in [2.24, 2.45) is 23.7 Å². The lowest BCUT2D eigenvalue weighted by molar-refractivity contribution is -0.0455. The summed E-state index contributed by atoms with van der Waals surface area (Å²) in [5.41, 5.74) is -5.19. The molecule has 4 aliphatic carbocycles. The molecule has 0 aliphatic heterocycles. The van der Waals surface area contributed by atoms with Gasteiger partial charge in [0.1, 0.15) is 0 Å². The van der Waals surface area contributed by atoms with Gasteiger partial charge in [0.25, 0.3) is 0 Å². The highest BCUT2D eigenvalue weighted by Crippen LogP contribution is 2.58. The average Bonchev–Trinajstić information content (AvgIpc) is 2.57. The monoisotopic (exact) mass is 269 g/mol. The summed E-state index contributed by atoms with van der Waals surface area (Å²) in [6, 6.07) is -0.481. The van der Waals surface area contributed by atoms with Crippen LogP contribution in [0.1, 0.15) is 25.7 Å².